The van der Waals surface area contributed by atoms with Gasteiger partial charge in [0.1, 0.15) is 6.04 Å². The predicted molar refractivity (Wildman–Crippen MR) is 129 cm³/mol. The lowest BCUT2D eigenvalue weighted by Gasteiger charge is -2.32. The third kappa shape index (κ3) is 4.83. The lowest BCUT2D eigenvalue weighted by atomic mass is 9.92. The van der Waals surface area contributed by atoms with E-state index in [2.05, 4.69) is 26.1 Å². The second kappa shape index (κ2) is 9.20. The van der Waals surface area contributed by atoms with Crippen LogP contribution in [-0.4, -0.2) is 36.0 Å². The molecule has 1 heterocycles. The van der Waals surface area contributed by atoms with Crippen LogP contribution in [0.25, 0.3) is 11.1 Å². The molecule has 0 saturated carbocycles. The summed E-state index contributed by atoms with van der Waals surface area (Å²) in [6, 6.07) is 26.1. The molecular weight excluding hydrogens is 412 g/mol. The molecule has 1 amide bonds. The van der Waals surface area contributed by atoms with Crippen LogP contribution in [0.4, 0.5) is 0 Å². The van der Waals surface area contributed by atoms with E-state index in [9.17, 15) is 9.59 Å². The van der Waals surface area contributed by atoms with Gasteiger partial charge in [-0.15, -0.1) is 0 Å². The summed E-state index contributed by atoms with van der Waals surface area (Å²) in [7, 11) is 1.79. The van der Waals surface area contributed by atoms with Crippen molar-refractivity contribution in [1.29, 1.82) is 0 Å². The van der Waals surface area contributed by atoms with Gasteiger partial charge in [0.25, 0.3) is 0 Å². The Bertz CT molecular complexity index is 1110. The Hall–Kier alpha value is -3.44. The second-order valence-corrected chi connectivity index (χ2v) is 9.54. The first kappa shape index (κ1) is 22.7. The zero-order valence-electron chi connectivity index (χ0n) is 19.5. The number of hydrogen-bond acceptors (Lipinski definition) is 4. The third-order valence-corrected chi connectivity index (χ3v) is 6.05. The molecule has 0 spiro atoms. The maximum Gasteiger partial charge on any atom is 0.338 e. The Kier molecular flexibility index (Phi) is 6.34. The quantitative estimate of drug-likeness (QED) is 0.562. The maximum atomic E-state index is 13.3. The van der Waals surface area contributed by atoms with Crippen LogP contribution in [0.3, 0.4) is 0 Å². The van der Waals surface area contributed by atoms with E-state index in [1.807, 2.05) is 60.7 Å². The van der Waals surface area contributed by atoms with Crippen LogP contribution in [0, 0.1) is 5.41 Å². The van der Waals surface area contributed by atoms with Crippen molar-refractivity contribution in [1.82, 2.24) is 10.2 Å². The number of carbonyl (C=O) groups excluding carboxylic acids is 2. The van der Waals surface area contributed by atoms with E-state index in [4.69, 9.17) is 4.74 Å². The van der Waals surface area contributed by atoms with Crippen molar-refractivity contribution in [3.05, 3.63) is 96.1 Å². The summed E-state index contributed by atoms with van der Waals surface area (Å²) >= 11 is 0. The number of ether oxygens (including phenoxy) is 1. The highest BCUT2D eigenvalue weighted by Gasteiger charge is 2.47. The predicted octanol–water partition coefficient (Wildman–Crippen LogP) is 5.05. The normalized spacial score (nSPS) is 19.4. The van der Waals surface area contributed by atoms with Crippen LogP contribution < -0.4 is 5.32 Å². The SMILES string of the molecule is CN1C(=O)[C@H]([C@H](OC(=O)c2ccccc2)c2ccc(-c3ccccc3)cc2)N[C@H]1C(C)(C)C. The van der Waals surface area contributed by atoms with Crippen molar-refractivity contribution in [3.63, 3.8) is 0 Å². The molecule has 0 radical (unpaired) electrons. The summed E-state index contributed by atoms with van der Waals surface area (Å²) in [5.74, 6) is -0.544. The molecule has 33 heavy (non-hydrogen) atoms. The molecule has 1 N–H and O–H groups in total. The molecule has 1 aliphatic heterocycles. The summed E-state index contributed by atoms with van der Waals surface area (Å²) in [5, 5.41) is 3.43. The van der Waals surface area contributed by atoms with Crippen LogP contribution in [0.5, 0.6) is 0 Å². The molecule has 3 atom stereocenters. The Morgan fingerprint density at radius 3 is 1.97 bits per heavy atom. The molecule has 4 rings (SSSR count). The minimum absolute atomic E-state index is 0.0899. The number of hydrogen-bond donors (Lipinski definition) is 1. The largest absolute Gasteiger partial charge is 0.452 e. The van der Waals surface area contributed by atoms with Gasteiger partial charge < -0.3 is 9.64 Å². The molecule has 3 aromatic rings. The van der Waals surface area contributed by atoms with E-state index < -0.39 is 18.1 Å². The summed E-state index contributed by atoms with van der Waals surface area (Å²) in [6.07, 6.45) is -0.929. The fraction of sp³-hybridized carbons (Fsp3) is 0.286. The van der Waals surface area contributed by atoms with Crippen molar-refractivity contribution in [2.45, 2.75) is 39.1 Å². The van der Waals surface area contributed by atoms with Crippen molar-refractivity contribution in [2.24, 2.45) is 5.41 Å². The van der Waals surface area contributed by atoms with Gasteiger partial charge in [-0.1, -0.05) is 93.6 Å². The number of likely N-dealkylation sites (N-methyl/N-ethyl adjacent to an activating group) is 1. The number of nitrogens with zero attached hydrogens (tertiary/aromatic N) is 1. The highest BCUT2D eigenvalue weighted by molar-refractivity contribution is 5.90. The first-order chi connectivity index (χ1) is 15.8. The van der Waals surface area contributed by atoms with Crippen LogP contribution in [0.2, 0.25) is 0 Å². The molecule has 0 aliphatic carbocycles. The lowest BCUT2D eigenvalue weighted by molar-refractivity contribution is -0.131. The van der Waals surface area contributed by atoms with Crippen molar-refractivity contribution < 1.29 is 14.3 Å². The van der Waals surface area contributed by atoms with Crippen LogP contribution in [-0.2, 0) is 9.53 Å². The van der Waals surface area contributed by atoms with E-state index in [1.54, 1.807) is 36.2 Å². The van der Waals surface area contributed by atoms with E-state index in [0.29, 0.717) is 5.56 Å². The molecule has 5 heteroatoms. The van der Waals surface area contributed by atoms with E-state index in [-0.39, 0.29) is 17.5 Å². The molecule has 0 aromatic heterocycles. The van der Waals surface area contributed by atoms with Gasteiger partial charge in [0.05, 0.1) is 11.7 Å². The minimum atomic E-state index is -0.759. The Morgan fingerprint density at radius 2 is 1.42 bits per heavy atom. The Balaban J connectivity index is 1.67. The minimum Gasteiger partial charge on any atom is -0.452 e. The number of benzene rings is 3. The average molecular weight is 443 g/mol. The van der Waals surface area contributed by atoms with E-state index >= 15 is 0 Å². The molecule has 170 valence electrons. The monoisotopic (exact) mass is 442 g/mol. The van der Waals surface area contributed by atoms with Crippen LogP contribution in [0.1, 0.15) is 42.8 Å². The summed E-state index contributed by atoms with van der Waals surface area (Å²) in [6.45, 7) is 6.24. The van der Waals surface area contributed by atoms with Gasteiger partial charge in [-0.05, 0) is 34.2 Å². The molecule has 1 aliphatic rings. The van der Waals surface area contributed by atoms with Crippen molar-refractivity contribution >= 4 is 11.9 Å². The second-order valence-electron chi connectivity index (χ2n) is 9.54. The fourth-order valence-corrected chi connectivity index (χ4v) is 4.33. The number of amides is 1. The summed E-state index contributed by atoms with van der Waals surface area (Å²) in [5.41, 5.74) is 3.21. The number of esters is 1. The van der Waals surface area contributed by atoms with Gasteiger partial charge in [-0.2, -0.15) is 0 Å². The number of carbonyl (C=O) groups is 2. The molecule has 0 bridgehead atoms. The standard InChI is InChI=1S/C28H30N2O3/c1-28(2,3)27-29-23(25(31)30(27)4)24(33-26(32)22-13-9-6-10-14-22)21-17-15-20(16-18-21)19-11-7-5-8-12-19/h5-18,23-24,27,29H,1-4H3/t23-,24+,27+/m0/s1. The van der Waals surface area contributed by atoms with Gasteiger partial charge in [0.15, 0.2) is 6.10 Å². The van der Waals surface area contributed by atoms with Gasteiger partial charge in [0, 0.05) is 7.05 Å². The summed E-state index contributed by atoms with van der Waals surface area (Å²) in [4.78, 5) is 27.9. The van der Waals surface area contributed by atoms with Crippen molar-refractivity contribution in [2.75, 3.05) is 7.05 Å². The first-order valence-electron chi connectivity index (χ1n) is 11.2. The number of nitrogens with one attached hydrogen (secondary N) is 1. The fourth-order valence-electron chi connectivity index (χ4n) is 4.33. The van der Waals surface area contributed by atoms with Gasteiger partial charge in [-0.3, -0.25) is 10.1 Å². The summed E-state index contributed by atoms with van der Waals surface area (Å²) < 4.78 is 5.98. The van der Waals surface area contributed by atoms with Gasteiger partial charge in [-0.25, -0.2) is 4.79 Å². The highest BCUT2D eigenvalue weighted by Crippen LogP contribution is 2.34. The van der Waals surface area contributed by atoms with Crippen LogP contribution in [0.15, 0.2) is 84.9 Å². The molecule has 1 saturated heterocycles. The lowest BCUT2D eigenvalue weighted by Crippen LogP contribution is -2.46. The highest BCUT2D eigenvalue weighted by atomic mass is 16.5. The van der Waals surface area contributed by atoms with Crippen LogP contribution >= 0.6 is 0 Å². The van der Waals surface area contributed by atoms with E-state index in [1.165, 1.54) is 0 Å². The van der Waals surface area contributed by atoms with Gasteiger partial charge >= 0.3 is 5.97 Å². The maximum absolute atomic E-state index is 13.3. The average Bonchev–Trinajstić information content (AvgIpc) is 3.13. The first-order valence-corrected chi connectivity index (χ1v) is 11.2. The zero-order chi connectivity index (χ0) is 23.6. The Labute approximate surface area is 195 Å². The topological polar surface area (TPSA) is 58.6 Å². The molecular formula is C28H30N2O3. The van der Waals surface area contributed by atoms with Crippen molar-refractivity contribution in [3.8, 4) is 11.1 Å². The smallest absolute Gasteiger partial charge is 0.338 e. The molecule has 5 nitrogen and oxygen atoms in total. The molecule has 3 aromatic carbocycles. The van der Waals surface area contributed by atoms with E-state index in [0.717, 1.165) is 16.7 Å². The Morgan fingerprint density at radius 1 is 0.879 bits per heavy atom. The molecule has 1 fully saturated rings. The third-order valence-electron chi connectivity index (χ3n) is 6.05. The van der Waals surface area contributed by atoms with Gasteiger partial charge in [0.2, 0.25) is 5.91 Å². The zero-order valence-corrected chi connectivity index (χ0v) is 19.5. The number of rotatable bonds is 5. The molecule has 0 unspecified atom stereocenters.